The van der Waals surface area contributed by atoms with Gasteiger partial charge in [0.25, 0.3) is 5.91 Å². The maximum absolute atomic E-state index is 12.3. The summed E-state index contributed by atoms with van der Waals surface area (Å²) in [4.78, 5) is 24.6. The highest BCUT2D eigenvalue weighted by Crippen LogP contribution is 2.24. The fourth-order valence-electron chi connectivity index (χ4n) is 1.57. The van der Waals surface area contributed by atoms with Crippen molar-refractivity contribution in [2.75, 3.05) is 12.3 Å². The van der Waals surface area contributed by atoms with Crippen molar-refractivity contribution in [3.05, 3.63) is 28.8 Å². The third-order valence-electron chi connectivity index (χ3n) is 2.47. The third kappa shape index (κ3) is 3.13. The van der Waals surface area contributed by atoms with Crippen LogP contribution in [0.2, 0.25) is 5.02 Å². The first kappa shape index (κ1) is 14.3. The Labute approximate surface area is 111 Å². The molecule has 0 radical (unpaired) electrons. The first-order valence-electron chi connectivity index (χ1n) is 5.47. The van der Waals surface area contributed by atoms with Gasteiger partial charge in [-0.3, -0.25) is 9.59 Å². The predicted molar refractivity (Wildman–Crippen MR) is 71.2 cm³/mol. The van der Waals surface area contributed by atoms with Crippen LogP contribution in [0.5, 0.6) is 0 Å². The number of nitrogens with zero attached hydrogens (tertiary/aromatic N) is 1. The molecule has 0 aromatic heterocycles. The zero-order valence-corrected chi connectivity index (χ0v) is 11.1. The summed E-state index contributed by atoms with van der Waals surface area (Å²) < 4.78 is 0. The van der Waals surface area contributed by atoms with Gasteiger partial charge in [0.1, 0.15) is 0 Å². The zero-order valence-electron chi connectivity index (χ0n) is 10.3. The molecule has 0 bridgehead atoms. The van der Waals surface area contributed by atoms with Crippen LogP contribution in [0.1, 0.15) is 24.2 Å². The van der Waals surface area contributed by atoms with Gasteiger partial charge in [0, 0.05) is 11.7 Å². The lowest BCUT2D eigenvalue weighted by Gasteiger charge is -2.26. The smallest absolute Gasteiger partial charge is 0.258 e. The largest absolute Gasteiger partial charge is 0.398 e. The number of benzene rings is 1. The molecule has 0 aliphatic carbocycles. The van der Waals surface area contributed by atoms with E-state index in [1.54, 1.807) is 32.0 Å². The van der Waals surface area contributed by atoms with Crippen LogP contribution < -0.4 is 11.5 Å². The van der Waals surface area contributed by atoms with Gasteiger partial charge in [0.05, 0.1) is 17.1 Å². The Hall–Kier alpha value is -1.75. The van der Waals surface area contributed by atoms with E-state index in [9.17, 15) is 9.59 Å². The second kappa shape index (κ2) is 5.73. The molecule has 5 nitrogen and oxygen atoms in total. The summed E-state index contributed by atoms with van der Waals surface area (Å²) in [6, 6.07) is 4.64. The van der Waals surface area contributed by atoms with Crippen molar-refractivity contribution in [3.8, 4) is 0 Å². The highest BCUT2D eigenvalue weighted by molar-refractivity contribution is 6.34. The maximum atomic E-state index is 12.3. The van der Waals surface area contributed by atoms with Gasteiger partial charge < -0.3 is 16.4 Å². The summed E-state index contributed by atoms with van der Waals surface area (Å²) in [5.74, 6) is -0.977. The monoisotopic (exact) mass is 269 g/mol. The quantitative estimate of drug-likeness (QED) is 0.807. The molecule has 1 rings (SSSR count). The van der Waals surface area contributed by atoms with Crippen LogP contribution in [0.3, 0.4) is 0 Å². The van der Waals surface area contributed by atoms with Crippen LogP contribution in [0.25, 0.3) is 0 Å². The maximum Gasteiger partial charge on any atom is 0.258 e. The molecule has 0 spiro atoms. The molecule has 1 aromatic carbocycles. The van der Waals surface area contributed by atoms with Crippen LogP contribution in [-0.2, 0) is 4.79 Å². The van der Waals surface area contributed by atoms with Crippen molar-refractivity contribution in [3.63, 3.8) is 0 Å². The lowest BCUT2D eigenvalue weighted by Crippen LogP contribution is -2.43. The molecule has 0 saturated heterocycles. The molecule has 0 atom stereocenters. The number of nitrogen functional groups attached to an aromatic ring is 1. The molecule has 0 aliphatic rings. The number of carbonyl (C=O) groups is 2. The molecule has 0 saturated carbocycles. The van der Waals surface area contributed by atoms with Crippen molar-refractivity contribution in [1.82, 2.24) is 4.90 Å². The minimum Gasteiger partial charge on any atom is -0.398 e. The highest BCUT2D eigenvalue weighted by atomic mass is 35.5. The number of hydrogen-bond acceptors (Lipinski definition) is 3. The van der Waals surface area contributed by atoms with E-state index >= 15 is 0 Å². The van der Waals surface area contributed by atoms with E-state index in [-0.39, 0.29) is 28.9 Å². The minimum absolute atomic E-state index is 0.166. The number of halogens is 1. The summed E-state index contributed by atoms with van der Waals surface area (Å²) >= 11 is 5.97. The third-order valence-corrected chi connectivity index (χ3v) is 2.79. The van der Waals surface area contributed by atoms with Crippen LogP contribution >= 0.6 is 11.6 Å². The van der Waals surface area contributed by atoms with Gasteiger partial charge in [0.15, 0.2) is 0 Å². The average Bonchev–Trinajstić information content (AvgIpc) is 2.24. The molecule has 18 heavy (non-hydrogen) atoms. The van der Waals surface area contributed by atoms with Crippen molar-refractivity contribution in [2.45, 2.75) is 19.9 Å². The van der Waals surface area contributed by atoms with E-state index in [4.69, 9.17) is 23.1 Å². The van der Waals surface area contributed by atoms with Gasteiger partial charge in [-0.05, 0) is 26.0 Å². The molecule has 2 amide bonds. The summed E-state index contributed by atoms with van der Waals surface area (Å²) in [6.07, 6.45) is 0. The van der Waals surface area contributed by atoms with Crippen LogP contribution in [0.4, 0.5) is 5.69 Å². The Kier molecular flexibility index (Phi) is 4.55. The van der Waals surface area contributed by atoms with Gasteiger partial charge >= 0.3 is 0 Å². The number of amides is 2. The van der Waals surface area contributed by atoms with Crippen LogP contribution in [0.15, 0.2) is 18.2 Å². The number of primary amides is 1. The highest BCUT2D eigenvalue weighted by Gasteiger charge is 2.24. The number of carbonyl (C=O) groups excluding carboxylic acids is 2. The molecular weight excluding hydrogens is 254 g/mol. The molecular formula is C12H16ClN3O2. The summed E-state index contributed by atoms with van der Waals surface area (Å²) in [5.41, 5.74) is 11.4. The first-order valence-corrected chi connectivity index (χ1v) is 5.85. The Balaban J connectivity index is 3.14. The van der Waals surface area contributed by atoms with E-state index in [1.807, 2.05) is 0 Å². The zero-order chi connectivity index (χ0) is 13.9. The predicted octanol–water partition coefficient (Wildman–Crippen LogP) is 1.26. The fraction of sp³-hybridized carbons (Fsp3) is 0.333. The molecule has 98 valence electrons. The van der Waals surface area contributed by atoms with Crippen LogP contribution in [0, 0.1) is 0 Å². The van der Waals surface area contributed by atoms with Crippen molar-refractivity contribution in [1.29, 1.82) is 0 Å². The molecule has 1 aromatic rings. The van der Waals surface area contributed by atoms with E-state index in [0.29, 0.717) is 0 Å². The first-order chi connectivity index (χ1) is 8.34. The Morgan fingerprint density at radius 3 is 2.44 bits per heavy atom. The Bertz CT molecular complexity index is 454. The van der Waals surface area contributed by atoms with E-state index in [1.165, 1.54) is 4.90 Å². The van der Waals surface area contributed by atoms with E-state index in [0.717, 1.165) is 0 Å². The topological polar surface area (TPSA) is 89.4 Å². The molecule has 0 unspecified atom stereocenters. The van der Waals surface area contributed by atoms with Crippen molar-refractivity contribution >= 4 is 29.1 Å². The van der Waals surface area contributed by atoms with Crippen LogP contribution in [-0.4, -0.2) is 29.3 Å². The summed E-state index contributed by atoms with van der Waals surface area (Å²) in [6.45, 7) is 3.41. The second-order valence-corrected chi connectivity index (χ2v) is 4.60. The molecule has 0 heterocycles. The normalized spacial score (nSPS) is 10.4. The number of anilines is 1. The fourth-order valence-corrected chi connectivity index (χ4v) is 1.83. The summed E-state index contributed by atoms with van der Waals surface area (Å²) in [7, 11) is 0. The van der Waals surface area contributed by atoms with Gasteiger partial charge in [-0.25, -0.2) is 0 Å². The van der Waals surface area contributed by atoms with Gasteiger partial charge in [-0.1, -0.05) is 17.7 Å². The van der Waals surface area contributed by atoms with E-state index < -0.39 is 11.8 Å². The average molecular weight is 270 g/mol. The molecule has 0 aliphatic heterocycles. The van der Waals surface area contributed by atoms with E-state index in [2.05, 4.69) is 0 Å². The lowest BCUT2D eigenvalue weighted by atomic mass is 10.1. The molecule has 6 heteroatoms. The number of hydrogen-bond donors (Lipinski definition) is 2. The Morgan fingerprint density at radius 2 is 2.00 bits per heavy atom. The standard InChI is InChI=1S/C12H16ClN3O2/c1-7(2)16(6-10(15)17)12(18)11-8(13)4-3-5-9(11)14/h3-5,7H,6,14H2,1-2H3,(H2,15,17). The second-order valence-electron chi connectivity index (χ2n) is 4.20. The lowest BCUT2D eigenvalue weighted by molar-refractivity contribution is -0.119. The number of nitrogens with two attached hydrogens (primary N) is 2. The van der Waals surface area contributed by atoms with Gasteiger partial charge in [-0.2, -0.15) is 0 Å². The van der Waals surface area contributed by atoms with Crippen molar-refractivity contribution in [2.24, 2.45) is 5.73 Å². The van der Waals surface area contributed by atoms with Gasteiger partial charge in [-0.15, -0.1) is 0 Å². The number of rotatable bonds is 4. The summed E-state index contributed by atoms with van der Waals surface area (Å²) in [5, 5.41) is 0.259. The molecule has 4 N–H and O–H groups in total. The SMILES string of the molecule is CC(C)N(CC(N)=O)C(=O)c1c(N)cccc1Cl. The molecule has 0 fully saturated rings. The van der Waals surface area contributed by atoms with Gasteiger partial charge in [0.2, 0.25) is 5.91 Å². The van der Waals surface area contributed by atoms with Crippen molar-refractivity contribution < 1.29 is 9.59 Å². The Morgan fingerprint density at radius 1 is 1.39 bits per heavy atom. The minimum atomic E-state index is -0.581.